The number of sulfone groups is 1. The third-order valence-electron chi connectivity index (χ3n) is 4.20. The first-order valence-corrected chi connectivity index (χ1v) is 11.5. The molecule has 5 nitrogen and oxygen atoms in total. The van der Waals surface area contributed by atoms with Crippen molar-refractivity contribution in [3.8, 4) is 0 Å². The van der Waals surface area contributed by atoms with E-state index in [4.69, 9.17) is 0 Å². The van der Waals surface area contributed by atoms with Gasteiger partial charge in [-0.05, 0) is 51.0 Å². The zero-order valence-electron chi connectivity index (χ0n) is 15.1. The summed E-state index contributed by atoms with van der Waals surface area (Å²) in [5, 5.41) is 6.48. The highest BCUT2D eigenvalue weighted by molar-refractivity contribution is 8.00. The van der Waals surface area contributed by atoms with Crippen LogP contribution in [0.2, 0.25) is 0 Å². The van der Waals surface area contributed by atoms with E-state index < -0.39 is 9.84 Å². The minimum atomic E-state index is -3.21. The number of rotatable bonds is 8. The number of thioether (sulfide) groups is 1. The van der Waals surface area contributed by atoms with Crippen molar-refractivity contribution in [2.75, 3.05) is 31.1 Å². The third kappa shape index (κ3) is 6.55. The first-order valence-electron chi connectivity index (χ1n) is 8.89. The van der Waals surface area contributed by atoms with Crippen LogP contribution < -0.4 is 10.6 Å². The Hall–Kier alpha value is -1.21. The van der Waals surface area contributed by atoms with Crippen LogP contribution in [0.4, 0.5) is 0 Å². The number of guanidine groups is 1. The summed E-state index contributed by atoms with van der Waals surface area (Å²) in [4.78, 5) is 5.07. The van der Waals surface area contributed by atoms with Crippen LogP contribution in [0, 0.1) is 0 Å². The molecule has 0 spiro atoms. The number of nitrogens with one attached hydrogen (secondary N) is 2. The number of hydrogen-bond donors (Lipinski definition) is 2. The molecule has 7 heteroatoms. The van der Waals surface area contributed by atoms with Crippen LogP contribution in [0.1, 0.15) is 33.1 Å². The third-order valence-corrected chi connectivity index (χ3v) is 7.54. The Morgan fingerprint density at radius 3 is 2.68 bits per heavy atom. The van der Waals surface area contributed by atoms with Gasteiger partial charge >= 0.3 is 0 Å². The van der Waals surface area contributed by atoms with Gasteiger partial charge in [-0.25, -0.2) is 8.42 Å². The average Bonchev–Trinajstić information content (AvgIpc) is 3.04. The molecule has 2 N–H and O–H groups in total. The Bertz CT molecular complexity index is 654. The standard InChI is InChI=1S/C18H29N3O2S2/c1-3-19-17(21-15-18(2)11-7-13-24-18)20-12-8-14-25(22,23)16-9-5-4-6-10-16/h4-6,9-10H,3,7-8,11-15H2,1-2H3,(H2,19,20,21). The maximum absolute atomic E-state index is 12.3. The summed E-state index contributed by atoms with van der Waals surface area (Å²) in [5.41, 5.74) is 0. The van der Waals surface area contributed by atoms with Crippen LogP contribution in [0.25, 0.3) is 0 Å². The van der Waals surface area contributed by atoms with Crippen molar-refractivity contribution in [2.45, 2.75) is 42.8 Å². The molecule has 1 saturated heterocycles. The van der Waals surface area contributed by atoms with E-state index in [1.165, 1.54) is 18.6 Å². The maximum Gasteiger partial charge on any atom is 0.191 e. The van der Waals surface area contributed by atoms with Crippen LogP contribution in [0.5, 0.6) is 0 Å². The Kier molecular flexibility index (Phi) is 7.62. The number of benzene rings is 1. The van der Waals surface area contributed by atoms with E-state index >= 15 is 0 Å². The molecule has 25 heavy (non-hydrogen) atoms. The van der Waals surface area contributed by atoms with Crippen molar-refractivity contribution in [1.29, 1.82) is 0 Å². The molecule has 0 radical (unpaired) electrons. The number of nitrogens with zero attached hydrogens (tertiary/aromatic N) is 1. The average molecular weight is 384 g/mol. The second-order valence-corrected chi connectivity index (χ2v) is 10.3. The fraction of sp³-hybridized carbons (Fsp3) is 0.611. The molecule has 0 bridgehead atoms. The first kappa shape index (κ1) is 20.1. The Balaban J connectivity index is 1.81. The first-order chi connectivity index (χ1) is 12.0. The SMILES string of the molecule is CCNC(=NCC1(C)CCCS1)NCCCS(=O)(=O)c1ccccc1. The predicted octanol–water partition coefficient (Wildman–Crippen LogP) is 2.69. The molecular weight excluding hydrogens is 354 g/mol. The molecule has 1 aromatic carbocycles. The van der Waals surface area contributed by atoms with E-state index in [1.54, 1.807) is 24.3 Å². The van der Waals surface area contributed by atoms with Gasteiger partial charge in [0, 0.05) is 17.8 Å². The fourth-order valence-electron chi connectivity index (χ4n) is 2.76. The lowest BCUT2D eigenvalue weighted by molar-refractivity contribution is 0.592. The number of hydrogen-bond acceptors (Lipinski definition) is 4. The van der Waals surface area contributed by atoms with Crippen LogP contribution in [-0.4, -0.2) is 50.3 Å². The highest BCUT2D eigenvalue weighted by Crippen LogP contribution is 2.37. The van der Waals surface area contributed by atoms with Gasteiger partial charge in [0.1, 0.15) is 0 Å². The summed E-state index contributed by atoms with van der Waals surface area (Å²) in [5.74, 6) is 2.12. The molecule has 1 aliphatic heterocycles. The predicted molar refractivity (Wildman–Crippen MR) is 107 cm³/mol. The highest BCUT2D eigenvalue weighted by Gasteiger charge is 2.29. The second kappa shape index (κ2) is 9.48. The van der Waals surface area contributed by atoms with E-state index in [-0.39, 0.29) is 10.5 Å². The van der Waals surface area contributed by atoms with Gasteiger partial charge < -0.3 is 10.6 Å². The molecule has 1 fully saturated rings. The topological polar surface area (TPSA) is 70.6 Å². The van der Waals surface area contributed by atoms with Gasteiger partial charge in [-0.3, -0.25) is 4.99 Å². The largest absolute Gasteiger partial charge is 0.357 e. The molecule has 0 aromatic heterocycles. The van der Waals surface area contributed by atoms with E-state index in [1.807, 2.05) is 24.8 Å². The normalized spacial score (nSPS) is 21.3. The molecule has 0 saturated carbocycles. The van der Waals surface area contributed by atoms with Gasteiger partial charge in [0.05, 0.1) is 17.2 Å². The molecule has 1 aromatic rings. The van der Waals surface area contributed by atoms with Gasteiger partial charge in [-0.15, -0.1) is 0 Å². The minimum absolute atomic E-state index is 0.136. The molecule has 140 valence electrons. The minimum Gasteiger partial charge on any atom is -0.357 e. The molecule has 1 heterocycles. The quantitative estimate of drug-likeness (QED) is 0.410. The summed E-state index contributed by atoms with van der Waals surface area (Å²) in [6, 6.07) is 8.62. The van der Waals surface area contributed by atoms with Crippen LogP contribution in [0.3, 0.4) is 0 Å². The smallest absolute Gasteiger partial charge is 0.191 e. The van der Waals surface area contributed by atoms with Gasteiger partial charge in [0.25, 0.3) is 0 Å². The van der Waals surface area contributed by atoms with Crippen molar-refractivity contribution < 1.29 is 8.42 Å². The van der Waals surface area contributed by atoms with Gasteiger partial charge in [0.15, 0.2) is 15.8 Å². The fourth-order valence-corrected chi connectivity index (χ4v) is 5.32. The second-order valence-electron chi connectivity index (χ2n) is 6.51. The Morgan fingerprint density at radius 2 is 2.04 bits per heavy atom. The molecule has 0 amide bonds. The molecule has 1 atom stereocenters. The molecule has 1 unspecified atom stereocenters. The Labute approximate surface area is 156 Å². The monoisotopic (exact) mass is 383 g/mol. The summed E-state index contributed by atoms with van der Waals surface area (Å²) < 4.78 is 24.8. The van der Waals surface area contributed by atoms with Crippen molar-refractivity contribution in [1.82, 2.24) is 10.6 Å². The van der Waals surface area contributed by atoms with E-state index in [0.29, 0.717) is 17.9 Å². The lowest BCUT2D eigenvalue weighted by Gasteiger charge is -2.21. The summed E-state index contributed by atoms with van der Waals surface area (Å²) >= 11 is 1.99. The lowest BCUT2D eigenvalue weighted by Crippen LogP contribution is -2.39. The molecule has 1 aliphatic rings. The van der Waals surface area contributed by atoms with Crippen molar-refractivity contribution >= 4 is 27.6 Å². The van der Waals surface area contributed by atoms with Crippen LogP contribution in [-0.2, 0) is 9.84 Å². The van der Waals surface area contributed by atoms with Crippen molar-refractivity contribution in [2.24, 2.45) is 4.99 Å². The summed E-state index contributed by atoms with van der Waals surface area (Å²) in [6.45, 7) is 6.46. The van der Waals surface area contributed by atoms with Crippen molar-refractivity contribution in [3.63, 3.8) is 0 Å². The van der Waals surface area contributed by atoms with E-state index in [0.717, 1.165) is 19.0 Å². The maximum atomic E-state index is 12.3. The van der Waals surface area contributed by atoms with Crippen LogP contribution in [0.15, 0.2) is 40.2 Å². The zero-order chi connectivity index (χ0) is 18.2. The summed E-state index contributed by atoms with van der Waals surface area (Å²) in [7, 11) is -3.21. The molecule has 2 rings (SSSR count). The van der Waals surface area contributed by atoms with E-state index in [2.05, 4.69) is 22.5 Å². The number of aliphatic imine (C=N–C) groups is 1. The highest BCUT2D eigenvalue weighted by atomic mass is 32.2. The summed E-state index contributed by atoms with van der Waals surface area (Å²) in [6.07, 6.45) is 3.02. The van der Waals surface area contributed by atoms with Crippen molar-refractivity contribution in [3.05, 3.63) is 30.3 Å². The van der Waals surface area contributed by atoms with Gasteiger partial charge in [-0.1, -0.05) is 18.2 Å². The van der Waals surface area contributed by atoms with E-state index in [9.17, 15) is 8.42 Å². The Morgan fingerprint density at radius 1 is 1.28 bits per heavy atom. The zero-order valence-corrected chi connectivity index (χ0v) is 16.8. The van der Waals surface area contributed by atoms with Gasteiger partial charge in [0.2, 0.25) is 0 Å². The van der Waals surface area contributed by atoms with Crippen LogP contribution >= 0.6 is 11.8 Å². The molecular formula is C18H29N3O2S2. The van der Waals surface area contributed by atoms with Gasteiger partial charge in [-0.2, -0.15) is 11.8 Å². The molecule has 0 aliphatic carbocycles. The lowest BCUT2D eigenvalue weighted by atomic mass is 10.1.